The fourth-order valence-corrected chi connectivity index (χ4v) is 3.71. The molecule has 0 radical (unpaired) electrons. The molecule has 2 saturated heterocycles. The lowest BCUT2D eigenvalue weighted by Crippen LogP contribution is -2.57. The Bertz CT molecular complexity index is 441. The normalized spacial score (nSPS) is 25.0. The number of likely N-dealkylation sites (tertiary alicyclic amines) is 1. The molecule has 0 bridgehead atoms. The predicted octanol–water partition coefficient (Wildman–Crippen LogP) is 1.08. The van der Waals surface area contributed by atoms with Crippen molar-refractivity contribution in [2.24, 2.45) is 0 Å². The van der Waals surface area contributed by atoms with Crippen molar-refractivity contribution in [3.05, 3.63) is 24.3 Å². The van der Waals surface area contributed by atoms with Crippen LogP contribution in [0, 0.1) is 0 Å². The summed E-state index contributed by atoms with van der Waals surface area (Å²) in [4.78, 5) is 16.4. The monoisotopic (exact) mass is 289 g/mol. The van der Waals surface area contributed by atoms with E-state index in [4.69, 9.17) is 0 Å². The minimum absolute atomic E-state index is 0.345. The van der Waals surface area contributed by atoms with E-state index < -0.39 is 0 Å². The van der Waals surface area contributed by atoms with E-state index in [9.17, 15) is 0 Å². The highest BCUT2D eigenvalue weighted by Crippen LogP contribution is 2.31. The van der Waals surface area contributed by atoms with E-state index >= 15 is 0 Å². The van der Waals surface area contributed by atoms with Gasteiger partial charge in [-0.15, -0.1) is 0 Å². The van der Waals surface area contributed by atoms with Crippen molar-refractivity contribution < 1.29 is 0 Å². The largest absolute Gasteiger partial charge is 0.306 e. The van der Waals surface area contributed by atoms with Crippen LogP contribution in [0.1, 0.15) is 25.1 Å². The van der Waals surface area contributed by atoms with Gasteiger partial charge in [0.15, 0.2) is 0 Å². The number of hydrogen-bond acceptors (Lipinski definition) is 5. The Balaban J connectivity index is 1.71. The maximum Gasteiger partial charge on any atom is 0.142 e. The summed E-state index contributed by atoms with van der Waals surface area (Å²) in [6.45, 7) is 6.80. The molecule has 2 aliphatic heterocycles. The third-order valence-corrected chi connectivity index (χ3v) is 5.20. The number of aromatic nitrogens is 2. The Labute approximate surface area is 128 Å². The Morgan fingerprint density at radius 2 is 1.76 bits per heavy atom. The molecule has 3 heterocycles. The Morgan fingerprint density at radius 3 is 2.48 bits per heavy atom. The quantitative estimate of drug-likeness (QED) is 0.814. The highest BCUT2D eigenvalue weighted by atomic mass is 15.3. The molecule has 0 N–H and O–H groups in total. The van der Waals surface area contributed by atoms with Gasteiger partial charge in [-0.25, -0.2) is 9.97 Å². The van der Waals surface area contributed by atoms with Crippen LogP contribution in [0.15, 0.2) is 18.5 Å². The molecule has 5 nitrogen and oxygen atoms in total. The summed E-state index contributed by atoms with van der Waals surface area (Å²) in [5.74, 6) is 0.949. The Morgan fingerprint density at radius 1 is 1.05 bits per heavy atom. The summed E-state index contributed by atoms with van der Waals surface area (Å²) in [5.41, 5.74) is 0.345. The van der Waals surface area contributed by atoms with Crippen molar-refractivity contribution in [1.82, 2.24) is 24.7 Å². The van der Waals surface area contributed by atoms with Crippen molar-refractivity contribution in [2.45, 2.75) is 31.3 Å². The maximum atomic E-state index is 4.39. The van der Waals surface area contributed by atoms with E-state index in [1.807, 2.05) is 18.5 Å². The molecule has 0 unspecified atom stereocenters. The molecule has 5 heteroatoms. The molecule has 0 saturated carbocycles. The molecule has 0 aliphatic carbocycles. The van der Waals surface area contributed by atoms with E-state index in [0.29, 0.717) is 5.54 Å². The highest BCUT2D eigenvalue weighted by Gasteiger charge is 2.40. The van der Waals surface area contributed by atoms with E-state index in [1.165, 1.54) is 38.9 Å². The number of hydrogen-bond donors (Lipinski definition) is 0. The molecular weight excluding hydrogens is 262 g/mol. The van der Waals surface area contributed by atoms with Gasteiger partial charge in [0.05, 0.1) is 6.54 Å². The Kier molecular flexibility index (Phi) is 4.52. The zero-order valence-corrected chi connectivity index (χ0v) is 13.3. The van der Waals surface area contributed by atoms with Crippen LogP contribution >= 0.6 is 0 Å². The van der Waals surface area contributed by atoms with Gasteiger partial charge in [-0.2, -0.15) is 0 Å². The summed E-state index contributed by atoms with van der Waals surface area (Å²) in [6, 6.07) is 1.89. The van der Waals surface area contributed by atoms with Gasteiger partial charge in [0.2, 0.25) is 0 Å². The second kappa shape index (κ2) is 6.38. The molecule has 2 fully saturated rings. The number of piperidine rings is 1. The first-order valence-corrected chi connectivity index (χ1v) is 8.06. The minimum atomic E-state index is 0.345. The van der Waals surface area contributed by atoms with Gasteiger partial charge >= 0.3 is 0 Å². The molecule has 1 spiro atoms. The average molecular weight is 289 g/mol. The SMILES string of the molecule is CN1CCC2(CC1)CN(Cc1ncccn1)CCCN2C. The third-order valence-electron chi connectivity index (χ3n) is 5.20. The smallest absolute Gasteiger partial charge is 0.142 e. The van der Waals surface area contributed by atoms with Crippen molar-refractivity contribution >= 4 is 0 Å². The lowest BCUT2D eigenvalue weighted by molar-refractivity contribution is 0.0332. The molecule has 3 rings (SSSR count). The highest BCUT2D eigenvalue weighted by molar-refractivity contribution is 4.99. The lowest BCUT2D eigenvalue weighted by atomic mass is 9.85. The van der Waals surface area contributed by atoms with Gasteiger partial charge in [-0.3, -0.25) is 9.80 Å². The first-order valence-electron chi connectivity index (χ1n) is 8.06. The maximum absolute atomic E-state index is 4.39. The second-order valence-corrected chi connectivity index (χ2v) is 6.68. The molecule has 1 aromatic heterocycles. The lowest BCUT2D eigenvalue weighted by Gasteiger charge is -2.47. The van der Waals surface area contributed by atoms with Crippen molar-refractivity contribution in [3.63, 3.8) is 0 Å². The van der Waals surface area contributed by atoms with Gasteiger partial charge in [-0.1, -0.05) is 0 Å². The molecular formula is C16H27N5. The molecule has 1 aromatic rings. The number of nitrogens with zero attached hydrogens (tertiary/aromatic N) is 5. The molecule has 2 aliphatic rings. The van der Waals surface area contributed by atoms with Crippen LogP contribution in [0.3, 0.4) is 0 Å². The standard InChI is InChI=1S/C16H27N5/c1-19-11-5-16(6-12-19)14-21(10-4-9-20(16)2)13-15-17-7-3-8-18-15/h3,7-8H,4-6,9-14H2,1-2H3. The van der Waals surface area contributed by atoms with E-state index in [2.05, 4.69) is 38.8 Å². The van der Waals surface area contributed by atoms with Gasteiger partial charge in [-0.05, 0) is 65.6 Å². The van der Waals surface area contributed by atoms with Gasteiger partial charge < -0.3 is 4.90 Å². The number of rotatable bonds is 2. The van der Waals surface area contributed by atoms with Crippen LogP contribution in [0.5, 0.6) is 0 Å². The average Bonchev–Trinajstić information content (AvgIpc) is 2.64. The van der Waals surface area contributed by atoms with Crippen LogP contribution in [0.4, 0.5) is 0 Å². The fraction of sp³-hybridized carbons (Fsp3) is 0.750. The first kappa shape index (κ1) is 14.9. The third kappa shape index (κ3) is 3.42. The summed E-state index contributed by atoms with van der Waals surface area (Å²) in [7, 11) is 4.55. The summed E-state index contributed by atoms with van der Waals surface area (Å²) >= 11 is 0. The molecule has 0 atom stereocenters. The van der Waals surface area contributed by atoms with Crippen molar-refractivity contribution in [2.75, 3.05) is 46.8 Å². The van der Waals surface area contributed by atoms with Gasteiger partial charge in [0, 0.05) is 24.5 Å². The van der Waals surface area contributed by atoms with Crippen molar-refractivity contribution in [1.29, 1.82) is 0 Å². The van der Waals surface area contributed by atoms with Crippen LogP contribution in [0.2, 0.25) is 0 Å². The van der Waals surface area contributed by atoms with Crippen LogP contribution in [-0.4, -0.2) is 77.0 Å². The van der Waals surface area contributed by atoms with Crippen LogP contribution in [0.25, 0.3) is 0 Å². The van der Waals surface area contributed by atoms with E-state index in [0.717, 1.165) is 25.5 Å². The Hall–Kier alpha value is -1.04. The molecule has 0 aromatic carbocycles. The van der Waals surface area contributed by atoms with Crippen LogP contribution in [-0.2, 0) is 6.54 Å². The van der Waals surface area contributed by atoms with E-state index in [1.54, 1.807) is 0 Å². The summed E-state index contributed by atoms with van der Waals surface area (Å²) in [5, 5.41) is 0. The molecule has 116 valence electrons. The van der Waals surface area contributed by atoms with Crippen molar-refractivity contribution in [3.8, 4) is 0 Å². The molecule has 0 amide bonds. The molecule has 21 heavy (non-hydrogen) atoms. The van der Waals surface area contributed by atoms with Gasteiger partial charge in [0.1, 0.15) is 5.82 Å². The van der Waals surface area contributed by atoms with Crippen LogP contribution < -0.4 is 0 Å². The topological polar surface area (TPSA) is 35.5 Å². The first-order chi connectivity index (χ1) is 10.2. The predicted molar refractivity (Wildman–Crippen MR) is 84.0 cm³/mol. The fourth-order valence-electron chi connectivity index (χ4n) is 3.71. The zero-order valence-electron chi connectivity index (χ0n) is 13.3. The summed E-state index contributed by atoms with van der Waals surface area (Å²) < 4.78 is 0. The number of likely N-dealkylation sites (N-methyl/N-ethyl adjacent to an activating group) is 1. The summed E-state index contributed by atoms with van der Waals surface area (Å²) in [6.07, 6.45) is 7.47. The second-order valence-electron chi connectivity index (χ2n) is 6.68. The minimum Gasteiger partial charge on any atom is -0.306 e. The van der Waals surface area contributed by atoms with Gasteiger partial charge in [0.25, 0.3) is 0 Å². The zero-order chi connectivity index (χ0) is 14.7. The van der Waals surface area contributed by atoms with E-state index in [-0.39, 0.29) is 0 Å².